The fourth-order valence-corrected chi connectivity index (χ4v) is 3.49. The van der Waals surface area contributed by atoms with Crippen LogP contribution in [0.5, 0.6) is 0 Å². The number of benzene rings is 1. The summed E-state index contributed by atoms with van der Waals surface area (Å²) in [7, 11) is 0. The largest absolute Gasteiger partial charge is 0.481 e. The number of aliphatic carboxylic acids is 1. The van der Waals surface area contributed by atoms with Crippen LogP contribution in [0.15, 0.2) is 29.6 Å². The van der Waals surface area contributed by atoms with Crippen LogP contribution in [0.25, 0.3) is 0 Å². The van der Waals surface area contributed by atoms with Gasteiger partial charge in [-0.2, -0.15) is 0 Å². The zero-order valence-electron chi connectivity index (χ0n) is 14.9. The number of rotatable bonds is 9. The summed E-state index contributed by atoms with van der Waals surface area (Å²) in [5.74, 6) is -1.41. The number of aromatic nitrogens is 1. The molecule has 0 aliphatic carbocycles. The Bertz CT molecular complexity index is 754. The summed E-state index contributed by atoms with van der Waals surface area (Å²) in [6.45, 7) is 3.73. The number of carboxylic acid groups (broad SMARTS) is 1. The fourth-order valence-electron chi connectivity index (χ4n) is 2.66. The Morgan fingerprint density at radius 3 is 2.46 bits per heavy atom. The van der Waals surface area contributed by atoms with Crippen molar-refractivity contribution in [3.8, 4) is 0 Å². The Labute approximate surface area is 156 Å². The number of nitrogens with zero attached hydrogens (tertiary/aromatic N) is 1. The van der Waals surface area contributed by atoms with E-state index in [-0.39, 0.29) is 24.7 Å². The van der Waals surface area contributed by atoms with Gasteiger partial charge in [0.05, 0.1) is 22.5 Å². The molecule has 7 heteroatoms. The lowest BCUT2D eigenvalue weighted by molar-refractivity contribution is -0.149. The first kappa shape index (κ1) is 20.0. The average molecular weight is 378 g/mol. The third-order valence-corrected chi connectivity index (χ3v) is 5.54. The standard InChI is InChI=1S/C19H23FN2O3S/c1-3-19(4-2,18(24)25)12-21-16(23)10-15-11-26-17(22-15)9-13-5-7-14(20)8-6-13/h5-8,11H,3-4,9-10,12H2,1-2H3,(H,21,23)(H,24,25). The van der Waals surface area contributed by atoms with Crippen molar-refractivity contribution in [3.63, 3.8) is 0 Å². The highest BCUT2D eigenvalue weighted by Gasteiger charge is 2.35. The molecule has 140 valence electrons. The third kappa shape index (κ3) is 5.11. The molecule has 0 fully saturated rings. The number of carbonyl (C=O) groups excluding carboxylic acids is 1. The second-order valence-corrected chi connectivity index (χ2v) is 7.22. The zero-order valence-corrected chi connectivity index (χ0v) is 15.7. The number of hydrogen-bond donors (Lipinski definition) is 2. The van der Waals surface area contributed by atoms with Crippen LogP contribution in [0.2, 0.25) is 0 Å². The lowest BCUT2D eigenvalue weighted by Crippen LogP contribution is -2.42. The maximum absolute atomic E-state index is 12.9. The predicted molar refractivity (Wildman–Crippen MR) is 98.7 cm³/mol. The van der Waals surface area contributed by atoms with Crippen molar-refractivity contribution in [2.75, 3.05) is 6.54 Å². The van der Waals surface area contributed by atoms with Crippen molar-refractivity contribution < 1.29 is 19.1 Å². The van der Waals surface area contributed by atoms with Gasteiger partial charge >= 0.3 is 5.97 Å². The van der Waals surface area contributed by atoms with Gasteiger partial charge in [-0.25, -0.2) is 9.37 Å². The van der Waals surface area contributed by atoms with Gasteiger partial charge in [0.15, 0.2) is 0 Å². The third-order valence-electron chi connectivity index (χ3n) is 4.64. The quantitative estimate of drug-likeness (QED) is 0.701. The topological polar surface area (TPSA) is 79.3 Å². The van der Waals surface area contributed by atoms with Crippen LogP contribution in [-0.4, -0.2) is 28.5 Å². The number of carboxylic acids is 1. The molecular weight excluding hydrogens is 355 g/mol. The van der Waals surface area contributed by atoms with Gasteiger partial charge in [-0.05, 0) is 30.5 Å². The molecule has 0 unspecified atom stereocenters. The summed E-state index contributed by atoms with van der Waals surface area (Å²) < 4.78 is 12.9. The highest BCUT2D eigenvalue weighted by Crippen LogP contribution is 2.25. The molecule has 2 rings (SSSR count). The Kier molecular flexibility index (Phi) is 6.85. The van der Waals surface area contributed by atoms with Crippen molar-refractivity contribution in [3.05, 3.63) is 51.7 Å². The lowest BCUT2D eigenvalue weighted by Gasteiger charge is -2.26. The van der Waals surface area contributed by atoms with E-state index in [4.69, 9.17) is 0 Å². The van der Waals surface area contributed by atoms with Crippen LogP contribution in [0.4, 0.5) is 4.39 Å². The zero-order chi connectivity index (χ0) is 19.2. The van der Waals surface area contributed by atoms with Crippen LogP contribution < -0.4 is 5.32 Å². The molecule has 1 aromatic carbocycles. The van der Waals surface area contributed by atoms with Crippen molar-refractivity contribution in [2.24, 2.45) is 5.41 Å². The molecule has 1 heterocycles. The number of amides is 1. The molecule has 1 amide bonds. The summed E-state index contributed by atoms with van der Waals surface area (Å²) in [6.07, 6.45) is 1.61. The van der Waals surface area contributed by atoms with E-state index >= 15 is 0 Å². The minimum Gasteiger partial charge on any atom is -0.481 e. The van der Waals surface area contributed by atoms with Gasteiger partial charge in [0.25, 0.3) is 0 Å². The highest BCUT2D eigenvalue weighted by atomic mass is 32.1. The van der Waals surface area contributed by atoms with Crippen LogP contribution in [0.3, 0.4) is 0 Å². The Morgan fingerprint density at radius 2 is 1.88 bits per heavy atom. The van der Waals surface area contributed by atoms with E-state index in [1.807, 2.05) is 19.2 Å². The van der Waals surface area contributed by atoms with Crippen molar-refractivity contribution in [1.29, 1.82) is 0 Å². The van der Waals surface area contributed by atoms with Crippen LogP contribution in [0, 0.1) is 11.2 Å². The Hall–Kier alpha value is -2.28. The highest BCUT2D eigenvalue weighted by molar-refractivity contribution is 7.09. The number of thiazole rings is 1. The van der Waals surface area contributed by atoms with Crippen LogP contribution in [0.1, 0.15) is 43.0 Å². The molecule has 0 atom stereocenters. The Morgan fingerprint density at radius 1 is 1.23 bits per heavy atom. The molecule has 5 nitrogen and oxygen atoms in total. The van der Waals surface area contributed by atoms with E-state index in [9.17, 15) is 19.1 Å². The van der Waals surface area contributed by atoms with Gasteiger partial charge in [0, 0.05) is 18.3 Å². The van der Waals surface area contributed by atoms with E-state index in [2.05, 4.69) is 10.3 Å². The van der Waals surface area contributed by atoms with Gasteiger partial charge in [-0.15, -0.1) is 11.3 Å². The van der Waals surface area contributed by atoms with Gasteiger partial charge in [0.2, 0.25) is 5.91 Å². The fraction of sp³-hybridized carbons (Fsp3) is 0.421. The van der Waals surface area contributed by atoms with E-state index in [0.29, 0.717) is 25.0 Å². The molecule has 2 N–H and O–H groups in total. The van der Waals surface area contributed by atoms with Gasteiger partial charge in [-0.1, -0.05) is 26.0 Å². The maximum atomic E-state index is 12.9. The minimum atomic E-state index is -0.925. The molecule has 26 heavy (non-hydrogen) atoms. The van der Waals surface area contributed by atoms with Gasteiger partial charge in [-0.3, -0.25) is 9.59 Å². The van der Waals surface area contributed by atoms with Gasteiger partial charge in [0.1, 0.15) is 5.82 Å². The number of nitrogens with one attached hydrogen (secondary N) is 1. The van der Waals surface area contributed by atoms with Crippen LogP contribution >= 0.6 is 11.3 Å². The number of carbonyl (C=O) groups is 2. The second-order valence-electron chi connectivity index (χ2n) is 6.28. The van der Waals surface area contributed by atoms with E-state index in [0.717, 1.165) is 10.6 Å². The normalized spacial score (nSPS) is 11.3. The first-order valence-corrected chi connectivity index (χ1v) is 9.44. The van der Waals surface area contributed by atoms with Gasteiger partial charge < -0.3 is 10.4 Å². The second kappa shape index (κ2) is 8.89. The first-order chi connectivity index (χ1) is 12.4. The maximum Gasteiger partial charge on any atom is 0.311 e. The molecule has 0 aliphatic heterocycles. The summed E-state index contributed by atoms with van der Waals surface area (Å²) in [5.41, 5.74) is 0.679. The van der Waals surface area contributed by atoms with E-state index in [1.54, 1.807) is 12.1 Å². The molecule has 0 saturated carbocycles. The molecular formula is C19H23FN2O3S. The molecule has 0 radical (unpaired) electrons. The van der Waals surface area contributed by atoms with E-state index < -0.39 is 11.4 Å². The molecule has 0 aliphatic rings. The lowest BCUT2D eigenvalue weighted by atomic mass is 9.82. The molecule has 2 aromatic rings. The molecule has 0 saturated heterocycles. The first-order valence-electron chi connectivity index (χ1n) is 8.56. The summed E-state index contributed by atoms with van der Waals surface area (Å²) in [4.78, 5) is 28.0. The average Bonchev–Trinajstić information content (AvgIpc) is 3.05. The van der Waals surface area contributed by atoms with E-state index in [1.165, 1.54) is 23.5 Å². The SMILES string of the molecule is CCC(CC)(CNC(=O)Cc1csc(Cc2ccc(F)cc2)n1)C(=O)O. The Balaban J connectivity index is 1.90. The monoisotopic (exact) mass is 378 g/mol. The number of hydrogen-bond acceptors (Lipinski definition) is 4. The number of halogens is 1. The smallest absolute Gasteiger partial charge is 0.311 e. The minimum absolute atomic E-state index is 0.112. The molecule has 1 aromatic heterocycles. The summed E-state index contributed by atoms with van der Waals surface area (Å²) in [5, 5.41) is 14.8. The van der Waals surface area contributed by atoms with Crippen LogP contribution in [-0.2, 0) is 22.4 Å². The molecule has 0 bridgehead atoms. The summed E-state index contributed by atoms with van der Waals surface area (Å²) in [6, 6.07) is 6.25. The van der Waals surface area contributed by atoms with Crippen molar-refractivity contribution >= 4 is 23.2 Å². The summed E-state index contributed by atoms with van der Waals surface area (Å²) >= 11 is 1.45. The molecule has 0 spiro atoms. The van der Waals surface area contributed by atoms with Crippen molar-refractivity contribution in [1.82, 2.24) is 10.3 Å². The van der Waals surface area contributed by atoms with Crippen molar-refractivity contribution in [2.45, 2.75) is 39.5 Å². The predicted octanol–water partition coefficient (Wildman–Crippen LogP) is 3.42.